The largest absolute Gasteiger partial charge is 0.416 e. The van der Waals surface area contributed by atoms with Crippen molar-refractivity contribution in [2.45, 2.75) is 38.3 Å². The summed E-state index contributed by atoms with van der Waals surface area (Å²) in [6.45, 7) is 2.69. The zero-order chi connectivity index (χ0) is 18.9. The Bertz CT molecular complexity index is 851. The molecule has 4 rings (SSSR count). The zero-order valence-corrected chi connectivity index (χ0v) is 15.4. The minimum Gasteiger partial charge on any atom is -0.299 e. The highest BCUT2D eigenvalue weighted by Gasteiger charge is 2.30. The van der Waals surface area contributed by atoms with Gasteiger partial charge in [0.1, 0.15) is 0 Å². The molecule has 4 heteroatoms. The summed E-state index contributed by atoms with van der Waals surface area (Å²) in [6, 6.07) is 12.6. The van der Waals surface area contributed by atoms with Gasteiger partial charge >= 0.3 is 6.18 Å². The lowest BCUT2D eigenvalue weighted by atomic mass is 9.97. The minimum atomic E-state index is -4.28. The van der Waals surface area contributed by atoms with Crippen LogP contribution in [0.1, 0.15) is 40.7 Å². The van der Waals surface area contributed by atoms with Crippen molar-refractivity contribution in [3.05, 3.63) is 76.4 Å². The summed E-state index contributed by atoms with van der Waals surface area (Å²) >= 11 is 0. The van der Waals surface area contributed by atoms with Gasteiger partial charge in [0.15, 0.2) is 0 Å². The van der Waals surface area contributed by atoms with Gasteiger partial charge in [0, 0.05) is 19.6 Å². The molecule has 1 nitrogen and oxygen atoms in total. The van der Waals surface area contributed by atoms with Gasteiger partial charge in [0.05, 0.1) is 5.56 Å². The molecule has 2 aliphatic rings. The van der Waals surface area contributed by atoms with Crippen LogP contribution >= 0.6 is 0 Å². The molecule has 0 bridgehead atoms. The first-order chi connectivity index (χ1) is 13.0. The first-order valence-electron chi connectivity index (χ1n) is 9.69. The van der Waals surface area contributed by atoms with Crippen molar-refractivity contribution in [3.8, 4) is 0 Å². The monoisotopic (exact) mass is 371 g/mol. The maximum atomic E-state index is 12.9. The Labute approximate surface area is 158 Å². The van der Waals surface area contributed by atoms with Gasteiger partial charge in [0.2, 0.25) is 0 Å². The number of rotatable bonds is 4. The Morgan fingerprint density at radius 1 is 0.926 bits per heavy atom. The summed E-state index contributed by atoms with van der Waals surface area (Å²) in [5.41, 5.74) is 5.56. The molecule has 0 unspecified atom stereocenters. The van der Waals surface area contributed by atoms with Crippen molar-refractivity contribution >= 4 is 5.57 Å². The van der Waals surface area contributed by atoms with E-state index in [9.17, 15) is 13.2 Å². The minimum absolute atomic E-state index is 0.570. The second-order valence-corrected chi connectivity index (χ2v) is 7.57. The van der Waals surface area contributed by atoms with Crippen LogP contribution in [0.25, 0.3) is 5.57 Å². The van der Waals surface area contributed by atoms with E-state index in [0.29, 0.717) is 5.56 Å². The van der Waals surface area contributed by atoms with Crippen LogP contribution in [0, 0.1) is 0 Å². The van der Waals surface area contributed by atoms with Crippen LogP contribution in [-0.4, -0.2) is 24.5 Å². The molecule has 0 fully saturated rings. The van der Waals surface area contributed by atoms with Gasteiger partial charge in [0.25, 0.3) is 0 Å². The van der Waals surface area contributed by atoms with Crippen LogP contribution in [0.5, 0.6) is 0 Å². The number of halogens is 3. The van der Waals surface area contributed by atoms with E-state index < -0.39 is 11.7 Å². The summed E-state index contributed by atoms with van der Waals surface area (Å²) in [5.74, 6) is 0. The van der Waals surface area contributed by atoms with Crippen LogP contribution in [-0.2, 0) is 25.4 Å². The smallest absolute Gasteiger partial charge is 0.299 e. The number of fused-ring (bicyclic) bond motifs is 1. The van der Waals surface area contributed by atoms with Gasteiger partial charge in [-0.1, -0.05) is 36.4 Å². The fourth-order valence-electron chi connectivity index (χ4n) is 4.14. The fourth-order valence-corrected chi connectivity index (χ4v) is 4.14. The van der Waals surface area contributed by atoms with Gasteiger partial charge in [-0.05, 0) is 72.1 Å². The molecule has 0 aromatic heterocycles. The van der Waals surface area contributed by atoms with Crippen molar-refractivity contribution in [1.29, 1.82) is 0 Å². The highest BCUT2D eigenvalue weighted by atomic mass is 19.4. The molecule has 0 radical (unpaired) electrons. The first kappa shape index (κ1) is 18.3. The average Bonchev–Trinajstić information content (AvgIpc) is 3.14. The molecule has 0 atom stereocenters. The van der Waals surface area contributed by atoms with Gasteiger partial charge in [-0.25, -0.2) is 0 Å². The van der Waals surface area contributed by atoms with E-state index in [4.69, 9.17) is 0 Å². The number of alkyl halides is 3. The molecule has 27 heavy (non-hydrogen) atoms. The zero-order valence-electron chi connectivity index (χ0n) is 15.4. The van der Waals surface area contributed by atoms with E-state index in [1.165, 1.54) is 48.1 Å². The Morgan fingerprint density at radius 2 is 1.78 bits per heavy atom. The lowest BCUT2D eigenvalue weighted by Gasteiger charge is -2.26. The number of hydrogen-bond acceptors (Lipinski definition) is 1. The molecule has 1 heterocycles. The molecule has 1 aliphatic heterocycles. The second-order valence-electron chi connectivity index (χ2n) is 7.57. The fraction of sp³-hybridized carbons (Fsp3) is 0.391. The van der Waals surface area contributed by atoms with Gasteiger partial charge in [-0.15, -0.1) is 0 Å². The molecule has 2 aromatic rings. The van der Waals surface area contributed by atoms with E-state index in [1.807, 2.05) is 0 Å². The lowest BCUT2D eigenvalue weighted by Crippen LogP contribution is -2.30. The first-order valence-corrected chi connectivity index (χ1v) is 9.69. The van der Waals surface area contributed by atoms with E-state index >= 15 is 0 Å². The number of aryl methyl sites for hydroxylation is 2. The normalized spacial score (nSPS) is 17.7. The molecule has 2 aromatic carbocycles. The standard InChI is InChI=1S/C23H24F3N/c24-23(25,26)22-6-2-5-21(16-22)19-10-13-27(14-11-19)12-9-17-7-8-18-3-1-4-20(18)15-17/h2,5-8,10,15-16H,1,3-4,9,11-14H2. The summed E-state index contributed by atoms with van der Waals surface area (Å²) in [6.07, 6.45) is 3.31. The Morgan fingerprint density at radius 3 is 2.56 bits per heavy atom. The number of benzene rings is 2. The lowest BCUT2D eigenvalue weighted by molar-refractivity contribution is -0.137. The Kier molecular flexibility index (Phi) is 5.09. The topological polar surface area (TPSA) is 3.24 Å². The van der Waals surface area contributed by atoms with E-state index in [-0.39, 0.29) is 0 Å². The summed E-state index contributed by atoms with van der Waals surface area (Å²) in [5, 5.41) is 0. The SMILES string of the molecule is FC(F)(F)c1cccc(C2=CCN(CCc3ccc4c(c3)CCC4)CC2)c1. The maximum absolute atomic E-state index is 12.9. The Balaban J connectivity index is 1.36. The van der Waals surface area contributed by atoms with Crippen LogP contribution < -0.4 is 0 Å². The third-order valence-electron chi connectivity index (χ3n) is 5.73. The van der Waals surface area contributed by atoms with Crippen LogP contribution in [0.15, 0.2) is 48.5 Å². The molecular formula is C23H24F3N. The van der Waals surface area contributed by atoms with E-state index in [1.54, 1.807) is 6.07 Å². The molecule has 142 valence electrons. The van der Waals surface area contributed by atoms with Gasteiger partial charge in [-0.2, -0.15) is 13.2 Å². The molecule has 0 N–H and O–H groups in total. The summed E-state index contributed by atoms with van der Waals surface area (Å²) in [4.78, 5) is 2.38. The highest BCUT2D eigenvalue weighted by Crippen LogP contribution is 2.32. The average molecular weight is 371 g/mol. The third-order valence-corrected chi connectivity index (χ3v) is 5.73. The van der Waals surface area contributed by atoms with Gasteiger partial charge < -0.3 is 0 Å². The summed E-state index contributed by atoms with van der Waals surface area (Å²) < 4.78 is 38.7. The predicted octanol–water partition coefficient (Wildman–Crippen LogP) is 5.53. The van der Waals surface area contributed by atoms with Crippen molar-refractivity contribution in [3.63, 3.8) is 0 Å². The summed E-state index contributed by atoms with van der Waals surface area (Å²) in [7, 11) is 0. The van der Waals surface area contributed by atoms with Gasteiger partial charge in [-0.3, -0.25) is 4.90 Å². The molecule has 1 aliphatic carbocycles. The third kappa shape index (κ3) is 4.27. The molecule has 0 amide bonds. The number of nitrogens with zero attached hydrogens (tertiary/aromatic N) is 1. The highest BCUT2D eigenvalue weighted by molar-refractivity contribution is 5.67. The predicted molar refractivity (Wildman–Crippen MR) is 103 cm³/mol. The van der Waals surface area contributed by atoms with E-state index in [2.05, 4.69) is 29.2 Å². The van der Waals surface area contributed by atoms with Crippen LogP contribution in [0.2, 0.25) is 0 Å². The maximum Gasteiger partial charge on any atom is 0.416 e. The van der Waals surface area contributed by atoms with Crippen molar-refractivity contribution in [2.24, 2.45) is 0 Å². The van der Waals surface area contributed by atoms with Crippen molar-refractivity contribution in [1.82, 2.24) is 4.90 Å². The van der Waals surface area contributed by atoms with Crippen LogP contribution in [0.3, 0.4) is 0 Å². The number of hydrogen-bond donors (Lipinski definition) is 0. The Hall–Kier alpha value is -2.07. The molecular weight excluding hydrogens is 347 g/mol. The quantitative estimate of drug-likeness (QED) is 0.683. The van der Waals surface area contributed by atoms with Crippen LogP contribution in [0.4, 0.5) is 13.2 Å². The molecule has 0 saturated heterocycles. The molecule has 0 spiro atoms. The van der Waals surface area contributed by atoms with Crippen molar-refractivity contribution in [2.75, 3.05) is 19.6 Å². The second kappa shape index (κ2) is 7.51. The van der Waals surface area contributed by atoms with Crippen molar-refractivity contribution < 1.29 is 13.2 Å². The van der Waals surface area contributed by atoms with E-state index in [0.717, 1.165) is 44.1 Å². The molecule has 0 saturated carbocycles.